The Kier molecular flexibility index (Phi) is 6.97. The molecule has 9 heteroatoms. The summed E-state index contributed by atoms with van der Waals surface area (Å²) in [5, 5.41) is 5.65. The predicted molar refractivity (Wildman–Crippen MR) is 146 cm³/mol. The minimum atomic E-state index is -0.501. The van der Waals surface area contributed by atoms with Crippen LogP contribution in [0.25, 0.3) is 16.7 Å². The Bertz CT molecular complexity index is 1490. The van der Waals surface area contributed by atoms with Crippen LogP contribution in [0.3, 0.4) is 0 Å². The molecule has 2 aromatic heterocycles. The van der Waals surface area contributed by atoms with Crippen molar-refractivity contribution in [2.24, 2.45) is 5.92 Å². The normalized spacial score (nSPS) is 16.7. The molecule has 2 aliphatic rings. The van der Waals surface area contributed by atoms with Crippen molar-refractivity contribution < 1.29 is 13.6 Å². The van der Waals surface area contributed by atoms with E-state index in [0.29, 0.717) is 37.7 Å². The molecule has 202 valence electrons. The minimum Gasteiger partial charge on any atom is -0.352 e. The summed E-state index contributed by atoms with van der Waals surface area (Å²) in [6.45, 7) is 3.99. The van der Waals surface area contributed by atoms with Gasteiger partial charge in [0.25, 0.3) is 5.91 Å². The number of hydrogen-bond acceptors (Lipinski definition) is 5. The lowest BCUT2D eigenvalue weighted by Gasteiger charge is -2.36. The summed E-state index contributed by atoms with van der Waals surface area (Å²) in [6, 6.07) is 12.4. The van der Waals surface area contributed by atoms with Crippen molar-refractivity contribution in [3.63, 3.8) is 0 Å². The highest BCUT2D eigenvalue weighted by Gasteiger charge is 2.28. The first kappa shape index (κ1) is 25.4. The Hall–Kier alpha value is -3.88. The largest absolute Gasteiger partial charge is 0.352 e. The topological polar surface area (TPSA) is 67.2 Å². The highest BCUT2D eigenvalue weighted by Crippen LogP contribution is 2.32. The number of carbonyl (C=O) groups excluding carboxylic acids is 1. The summed E-state index contributed by atoms with van der Waals surface area (Å²) >= 11 is 0. The lowest BCUT2D eigenvalue weighted by Crippen LogP contribution is -2.49. The molecule has 1 saturated carbocycles. The number of halogens is 2. The van der Waals surface area contributed by atoms with E-state index in [1.54, 1.807) is 33.8 Å². The molecule has 0 radical (unpaired) electrons. The molecule has 3 heterocycles. The van der Waals surface area contributed by atoms with Gasteiger partial charge in [0.05, 0.1) is 22.3 Å². The molecule has 0 spiro atoms. The number of hydrogen-bond donors (Lipinski definition) is 0. The number of aryl methyl sites for hydroxylation is 1. The van der Waals surface area contributed by atoms with E-state index in [2.05, 4.69) is 4.90 Å². The van der Waals surface area contributed by atoms with Crippen LogP contribution in [-0.2, 0) is 6.42 Å². The maximum Gasteiger partial charge on any atom is 0.256 e. The Morgan fingerprint density at radius 1 is 0.923 bits per heavy atom. The average molecular weight is 531 g/mol. The van der Waals surface area contributed by atoms with Crippen LogP contribution in [0.5, 0.6) is 0 Å². The van der Waals surface area contributed by atoms with Gasteiger partial charge in [-0.05, 0) is 49.2 Å². The van der Waals surface area contributed by atoms with Crippen molar-refractivity contribution >= 4 is 22.8 Å². The van der Waals surface area contributed by atoms with Crippen LogP contribution >= 0.6 is 0 Å². The third-order valence-corrected chi connectivity index (χ3v) is 7.97. The molecule has 0 bridgehead atoms. The summed E-state index contributed by atoms with van der Waals surface area (Å²) < 4.78 is 29.7. The molecule has 7 nitrogen and oxygen atoms in total. The average Bonchev–Trinajstić information content (AvgIpc) is 3.29. The third-order valence-electron chi connectivity index (χ3n) is 7.97. The number of aromatic nitrogens is 4. The second-order valence-electron chi connectivity index (χ2n) is 10.6. The van der Waals surface area contributed by atoms with Gasteiger partial charge in [-0.15, -0.1) is 0 Å². The van der Waals surface area contributed by atoms with E-state index in [1.165, 1.54) is 56.4 Å². The highest BCUT2D eigenvalue weighted by atomic mass is 19.1. The predicted octanol–water partition coefficient (Wildman–Crippen LogP) is 5.49. The molecule has 2 aromatic carbocycles. The van der Waals surface area contributed by atoms with Gasteiger partial charge in [-0.25, -0.2) is 23.4 Å². The number of fused-ring (bicyclic) bond motifs is 1. The van der Waals surface area contributed by atoms with Gasteiger partial charge < -0.3 is 9.80 Å². The first-order chi connectivity index (χ1) is 19.0. The van der Waals surface area contributed by atoms with E-state index in [-0.39, 0.29) is 17.3 Å². The SMILES string of the molecule is Cc1nn(-c2ccc(F)cc2)c2nc(CC3CCCCC3)nc(N3CCN(C(=O)c4ccccc4F)CC3)c12. The molecule has 1 saturated heterocycles. The van der Waals surface area contributed by atoms with Crippen LogP contribution in [0.4, 0.5) is 14.6 Å². The van der Waals surface area contributed by atoms with Gasteiger partial charge in [0.2, 0.25) is 0 Å². The Morgan fingerprint density at radius 2 is 1.64 bits per heavy atom. The standard InChI is InChI=1S/C30H32F2N6O/c1-20-27-28(36-15-17-37(18-16-36)30(39)24-9-5-6-10-25(24)32)33-26(19-21-7-3-2-4-8-21)34-29(27)38(35-20)23-13-11-22(31)12-14-23/h5-6,9-14,21H,2-4,7-8,15-19H2,1H3. The van der Waals surface area contributed by atoms with Crippen LogP contribution < -0.4 is 4.90 Å². The number of nitrogens with zero attached hydrogens (tertiary/aromatic N) is 6. The van der Waals surface area contributed by atoms with E-state index in [0.717, 1.165) is 34.8 Å². The lowest BCUT2D eigenvalue weighted by atomic mass is 9.87. The summed E-state index contributed by atoms with van der Waals surface area (Å²) in [4.78, 5) is 27.0. The van der Waals surface area contributed by atoms with Crippen LogP contribution in [0.15, 0.2) is 48.5 Å². The minimum absolute atomic E-state index is 0.0987. The fourth-order valence-electron chi connectivity index (χ4n) is 5.86. The number of rotatable bonds is 5. The summed E-state index contributed by atoms with van der Waals surface area (Å²) in [5.41, 5.74) is 2.34. The first-order valence-corrected chi connectivity index (χ1v) is 13.8. The quantitative estimate of drug-likeness (QED) is 0.342. The van der Waals surface area contributed by atoms with E-state index >= 15 is 0 Å². The van der Waals surface area contributed by atoms with Gasteiger partial charge >= 0.3 is 0 Å². The van der Waals surface area contributed by atoms with Gasteiger partial charge in [-0.1, -0.05) is 44.2 Å². The van der Waals surface area contributed by atoms with Crippen LogP contribution in [0, 0.1) is 24.5 Å². The zero-order chi connectivity index (χ0) is 26.9. The zero-order valence-electron chi connectivity index (χ0n) is 22.1. The second kappa shape index (κ2) is 10.7. The number of carbonyl (C=O) groups is 1. The van der Waals surface area contributed by atoms with E-state index in [1.807, 2.05) is 6.92 Å². The molecule has 1 aliphatic heterocycles. The van der Waals surface area contributed by atoms with Crippen molar-refractivity contribution in [2.45, 2.75) is 45.4 Å². The maximum atomic E-state index is 14.3. The van der Waals surface area contributed by atoms with Crippen molar-refractivity contribution in [2.75, 3.05) is 31.1 Å². The monoisotopic (exact) mass is 530 g/mol. The van der Waals surface area contributed by atoms with Crippen LogP contribution in [0.1, 0.15) is 54.0 Å². The lowest BCUT2D eigenvalue weighted by molar-refractivity contribution is 0.0742. The van der Waals surface area contributed by atoms with Crippen molar-refractivity contribution in [1.29, 1.82) is 0 Å². The van der Waals surface area contributed by atoms with E-state index < -0.39 is 5.82 Å². The maximum absolute atomic E-state index is 14.3. The molecule has 6 rings (SSSR count). The van der Waals surface area contributed by atoms with Crippen molar-refractivity contribution in [1.82, 2.24) is 24.6 Å². The molecule has 4 aromatic rings. The van der Waals surface area contributed by atoms with E-state index in [9.17, 15) is 13.6 Å². The fourth-order valence-corrected chi connectivity index (χ4v) is 5.86. The summed E-state index contributed by atoms with van der Waals surface area (Å²) in [5.74, 6) is 1.07. The van der Waals surface area contributed by atoms with Gasteiger partial charge in [-0.2, -0.15) is 5.10 Å². The van der Waals surface area contributed by atoms with Gasteiger partial charge in [-0.3, -0.25) is 4.79 Å². The number of anilines is 1. The fraction of sp³-hybridized carbons (Fsp3) is 0.400. The molecule has 0 atom stereocenters. The van der Waals surface area contributed by atoms with Crippen molar-refractivity contribution in [3.8, 4) is 5.69 Å². The van der Waals surface area contributed by atoms with Crippen LogP contribution in [0.2, 0.25) is 0 Å². The third kappa shape index (κ3) is 5.10. The molecule has 39 heavy (non-hydrogen) atoms. The number of amides is 1. The molecule has 0 N–H and O–H groups in total. The van der Waals surface area contributed by atoms with E-state index in [4.69, 9.17) is 15.1 Å². The first-order valence-electron chi connectivity index (χ1n) is 13.8. The Balaban J connectivity index is 1.34. The second-order valence-corrected chi connectivity index (χ2v) is 10.6. The van der Waals surface area contributed by atoms with Crippen LogP contribution in [-0.4, -0.2) is 56.7 Å². The summed E-state index contributed by atoms with van der Waals surface area (Å²) in [6.07, 6.45) is 6.94. The van der Waals surface area contributed by atoms with Gasteiger partial charge in [0, 0.05) is 32.6 Å². The van der Waals surface area contributed by atoms with Crippen molar-refractivity contribution in [3.05, 3.63) is 77.2 Å². The Labute approximate surface area is 226 Å². The molecule has 2 fully saturated rings. The molecule has 0 unspecified atom stereocenters. The Morgan fingerprint density at radius 3 is 2.36 bits per heavy atom. The molecule has 1 aliphatic carbocycles. The smallest absolute Gasteiger partial charge is 0.256 e. The molecular weight excluding hydrogens is 498 g/mol. The zero-order valence-corrected chi connectivity index (χ0v) is 22.1. The number of piperazine rings is 1. The molecular formula is C30H32F2N6O. The molecule has 1 amide bonds. The van der Waals surface area contributed by atoms with Gasteiger partial charge in [0.1, 0.15) is 23.3 Å². The highest BCUT2D eigenvalue weighted by molar-refractivity contribution is 5.95. The van der Waals surface area contributed by atoms with Gasteiger partial charge in [0.15, 0.2) is 5.65 Å². The number of benzene rings is 2. The summed E-state index contributed by atoms with van der Waals surface area (Å²) in [7, 11) is 0.